The van der Waals surface area contributed by atoms with Crippen LogP contribution < -0.4 is 0 Å². The highest BCUT2D eigenvalue weighted by Crippen LogP contribution is 2.23. The molecule has 92 valence electrons. The molecule has 0 aromatic carbocycles. The zero-order chi connectivity index (χ0) is 12.4. The van der Waals surface area contributed by atoms with E-state index in [1.54, 1.807) is 0 Å². The van der Waals surface area contributed by atoms with E-state index in [0.717, 1.165) is 19.5 Å². The molecule has 1 atom stereocenters. The number of hydrogen-bond acceptors (Lipinski definition) is 2. The minimum Gasteiger partial charge on any atom is -0.338 e. The molecule has 0 N–H and O–H groups in total. The standard InChI is InChI=1S/C12H14Cl2N2O/c1-8-3-2-4-16(7-8)12(17)9-5-11(14)15-6-10(9)13/h5-6,8H,2-4,7H2,1H3. The van der Waals surface area contributed by atoms with E-state index in [4.69, 9.17) is 23.2 Å². The van der Waals surface area contributed by atoms with Crippen molar-refractivity contribution in [2.75, 3.05) is 13.1 Å². The maximum Gasteiger partial charge on any atom is 0.255 e. The van der Waals surface area contributed by atoms with Crippen molar-refractivity contribution in [3.05, 3.63) is 28.0 Å². The number of carbonyl (C=O) groups excluding carboxylic acids is 1. The molecule has 1 unspecified atom stereocenters. The number of aromatic nitrogens is 1. The Morgan fingerprint density at radius 3 is 3.00 bits per heavy atom. The molecular weight excluding hydrogens is 259 g/mol. The van der Waals surface area contributed by atoms with E-state index in [9.17, 15) is 4.79 Å². The van der Waals surface area contributed by atoms with E-state index in [1.165, 1.54) is 18.7 Å². The van der Waals surface area contributed by atoms with Crippen molar-refractivity contribution in [2.45, 2.75) is 19.8 Å². The summed E-state index contributed by atoms with van der Waals surface area (Å²) in [6, 6.07) is 1.53. The van der Waals surface area contributed by atoms with E-state index in [0.29, 0.717) is 21.7 Å². The summed E-state index contributed by atoms with van der Waals surface area (Å²) in [7, 11) is 0. The molecule has 1 aromatic heterocycles. The topological polar surface area (TPSA) is 33.2 Å². The first-order valence-electron chi connectivity index (χ1n) is 5.68. The summed E-state index contributed by atoms with van der Waals surface area (Å²) in [5, 5.41) is 0.653. The van der Waals surface area contributed by atoms with Gasteiger partial charge in [0.05, 0.1) is 10.6 Å². The highest BCUT2D eigenvalue weighted by atomic mass is 35.5. The van der Waals surface area contributed by atoms with Gasteiger partial charge in [0.2, 0.25) is 0 Å². The summed E-state index contributed by atoms with van der Waals surface area (Å²) in [5.41, 5.74) is 0.445. The number of piperidine rings is 1. The van der Waals surface area contributed by atoms with Gasteiger partial charge in [-0.15, -0.1) is 0 Å². The van der Waals surface area contributed by atoms with Crippen LogP contribution in [0.1, 0.15) is 30.1 Å². The Hall–Kier alpha value is -0.800. The molecular formula is C12H14Cl2N2O. The Morgan fingerprint density at radius 2 is 2.29 bits per heavy atom. The number of nitrogens with zero attached hydrogens (tertiary/aromatic N) is 2. The lowest BCUT2D eigenvalue weighted by Gasteiger charge is -2.31. The highest BCUT2D eigenvalue weighted by Gasteiger charge is 2.23. The molecule has 3 nitrogen and oxygen atoms in total. The second kappa shape index (κ2) is 5.23. The molecule has 1 saturated heterocycles. The number of amides is 1. The van der Waals surface area contributed by atoms with Crippen LogP contribution in [0, 0.1) is 5.92 Å². The average Bonchev–Trinajstić information content (AvgIpc) is 2.31. The quantitative estimate of drug-likeness (QED) is 0.736. The Labute approximate surface area is 111 Å². The fourth-order valence-electron chi connectivity index (χ4n) is 2.12. The van der Waals surface area contributed by atoms with Crippen molar-refractivity contribution in [3.63, 3.8) is 0 Å². The summed E-state index contributed by atoms with van der Waals surface area (Å²) >= 11 is 11.8. The SMILES string of the molecule is CC1CCCN(C(=O)c2cc(Cl)ncc2Cl)C1. The van der Waals surface area contributed by atoms with E-state index in [-0.39, 0.29) is 5.91 Å². The first kappa shape index (κ1) is 12.7. The molecule has 1 aliphatic heterocycles. The number of carbonyl (C=O) groups is 1. The predicted molar refractivity (Wildman–Crippen MR) is 68.6 cm³/mol. The third kappa shape index (κ3) is 2.90. The van der Waals surface area contributed by atoms with Gasteiger partial charge in [0.25, 0.3) is 5.91 Å². The molecule has 5 heteroatoms. The molecule has 1 amide bonds. The van der Waals surface area contributed by atoms with Gasteiger partial charge in [0, 0.05) is 19.3 Å². The number of pyridine rings is 1. The van der Waals surface area contributed by atoms with Crippen molar-refractivity contribution in [1.29, 1.82) is 0 Å². The van der Waals surface area contributed by atoms with Crippen molar-refractivity contribution < 1.29 is 4.79 Å². The largest absolute Gasteiger partial charge is 0.338 e. The Morgan fingerprint density at radius 1 is 1.53 bits per heavy atom. The van der Waals surface area contributed by atoms with Gasteiger partial charge in [-0.05, 0) is 24.8 Å². The Balaban J connectivity index is 2.21. The van der Waals surface area contributed by atoms with E-state index in [2.05, 4.69) is 11.9 Å². The van der Waals surface area contributed by atoms with Gasteiger partial charge >= 0.3 is 0 Å². The second-order valence-electron chi connectivity index (χ2n) is 4.49. The molecule has 0 radical (unpaired) electrons. The van der Waals surface area contributed by atoms with Gasteiger partial charge in [-0.1, -0.05) is 30.1 Å². The van der Waals surface area contributed by atoms with Crippen LogP contribution in [-0.4, -0.2) is 28.9 Å². The highest BCUT2D eigenvalue weighted by molar-refractivity contribution is 6.35. The third-order valence-electron chi connectivity index (χ3n) is 3.00. The fraction of sp³-hybridized carbons (Fsp3) is 0.500. The predicted octanol–water partition coefficient (Wildman–Crippen LogP) is 3.26. The first-order chi connectivity index (χ1) is 8.08. The van der Waals surface area contributed by atoms with Crippen molar-refractivity contribution in [3.8, 4) is 0 Å². The summed E-state index contributed by atoms with van der Waals surface area (Å²) in [5.74, 6) is 0.495. The van der Waals surface area contributed by atoms with E-state index >= 15 is 0 Å². The summed E-state index contributed by atoms with van der Waals surface area (Å²) in [4.78, 5) is 18.0. The normalized spacial score (nSPS) is 20.4. The van der Waals surface area contributed by atoms with Crippen LogP contribution in [-0.2, 0) is 0 Å². The number of rotatable bonds is 1. The van der Waals surface area contributed by atoms with Crippen molar-refractivity contribution in [1.82, 2.24) is 9.88 Å². The maximum absolute atomic E-state index is 12.3. The number of likely N-dealkylation sites (tertiary alicyclic amines) is 1. The number of halogens is 2. The molecule has 1 aliphatic rings. The Kier molecular flexibility index (Phi) is 3.89. The molecule has 0 bridgehead atoms. The fourth-order valence-corrected chi connectivity index (χ4v) is 2.46. The summed E-state index contributed by atoms with van der Waals surface area (Å²) in [6.45, 7) is 3.73. The van der Waals surface area contributed by atoms with Crippen LogP contribution in [0.2, 0.25) is 10.2 Å². The second-order valence-corrected chi connectivity index (χ2v) is 5.28. The Bertz CT molecular complexity index is 437. The maximum atomic E-state index is 12.3. The molecule has 17 heavy (non-hydrogen) atoms. The van der Waals surface area contributed by atoms with Crippen LogP contribution in [0.25, 0.3) is 0 Å². The lowest BCUT2D eigenvalue weighted by Crippen LogP contribution is -2.39. The van der Waals surface area contributed by atoms with Gasteiger partial charge in [-0.2, -0.15) is 0 Å². The van der Waals surface area contributed by atoms with Gasteiger partial charge < -0.3 is 4.90 Å². The lowest BCUT2D eigenvalue weighted by atomic mass is 10.00. The van der Waals surface area contributed by atoms with E-state index in [1.807, 2.05) is 4.90 Å². The molecule has 1 fully saturated rings. The summed E-state index contributed by atoms with van der Waals surface area (Å²) in [6.07, 6.45) is 3.64. The van der Waals surface area contributed by atoms with Crippen molar-refractivity contribution in [2.24, 2.45) is 5.92 Å². The van der Waals surface area contributed by atoms with Crippen LogP contribution in [0.3, 0.4) is 0 Å². The molecule has 1 aromatic rings. The minimum atomic E-state index is -0.0501. The zero-order valence-corrected chi connectivity index (χ0v) is 11.1. The first-order valence-corrected chi connectivity index (χ1v) is 6.44. The van der Waals surface area contributed by atoms with Crippen LogP contribution in [0.4, 0.5) is 0 Å². The lowest BCUT2D eigenvalue weighted by molar-refractivity contribution is 0.0683. The number of hydrogen-bond donors (Lipinski definition) is 0. The zero-order valence-electron chi connectivity index (χ0n) is 9.62. The molecule has 0 saturated carbocycles. The average molecular weight is 273 g/mol. The van der Waals surface area contributed by atoms with Gasteiger partial charge in [0.15, 0.2) is 0 Å². The van der Waals surface area contributed by atoms with E-state index < -0.39 is 0 Å². The van der Waals surface area contributed by atoms with Crippen LogP contribution in [0.15, 0.2) is 12.3 Å². The van der Waals surface area contributed by atoms with Crippen LogP contribution >= 0.6 is 23.2 Å². The van der Waals surface area contributed by atoms with Crippen molar-refractivity contribution >= 4 is 29.1 Å². The third-order valence-corrected chi connectivity index (χ3v) is 3.50. The molecule has 2 heterocycles. The molecule has 2 rings (SSSR count). The van der Waals surface area contributed by atoms with Gasteiger partial charge in [-0.25, -0.2) is 4.98 Å². The molecule has 0 spiro atoms. The molecule has 0 aliphatic carbocycles. The monoisotopic (exact) mass is 272 g/mol. The van der Waals surface area contributed by atoms with Gasteiger partial charge in [-0.3, -0.25) is 4.79 Å². The summed E-state index contributed by atoms with van der Waals surface area (Å²) < 4.78 is 0. The minimum absolute atomic E-state index is 0.0501. The smallest absolute Gasteiger partial charge is 0.255 e. The van der Waals surface area contributed by atoms with Gasteiger partial charge in [0.1, 0.15) is 5.15 Å². The van der Waals surface area contributed by atoms with Crippen LogP contribution in [0.5, 0.6) is 0 Å².